The summed E-state index contributed by atoms with van der Waals surface area (Å²) < 4.78 is 0. The van der Waals surface area contributed by atoms with Gasteiger partial charge in [0, 0.05) is 25.3 Å². The summed E-state index contributed by atoms with van der Waals surface area (Å²) in [5, 5.41) is 15.8. The van der Waals surface area contributed by atoms with Crippen molar-refractivity contribution < 1.29 is 5.11 Å². The van der Waals surface area contributed by atoms with Crippen molar-refractivity contribution in [3.63, 3.8) is 0 Å². The summed E-state index contributed by atoms with van der Waals surface area (Å²) >= 11 is 0. The van der Waals surface area contributed by atoms with Crippen LogP contribution in [-0.2, 0) is 0 Å². The largest absolute Gasteiger partial charge is 0.396 e. The minimum atomic E-state index is 0.272. The zero-order chi connectivity index (χ0) is 13.7. The minimum absolute atomic E-state index is 0.272. The molecule has 1 aliphatic rings. The molecule has 0 radical (unpaired) electrons. The van der Waals surface area contributed by atoms with Crippen LogP contribution in [-0.4, -0.2) is 34.8 Å². The Morgan fingerprint density at radius 2 is 1.95 bits per heavy atom. The molecule has 106 valence electrons. The van der Waals surface area contributed by atoms with Gasteiger partial charge in [0.2, 0.25) is 0 Å². The maximum atomic E-state index is 9.07. The second kappa shape index (κ2) is 6.19. The predicted molar refractivity (Wildman–Crippen MR) is 77.4 cm³/mol. The zero-order valence-electron chi connectivity index (χ0n) is 11.9. The van der Waals surface area contributed by atoms with E-state index in [0.717, 1.165) is 43.1 Å². The predicted octanol–water partition coefficient (Wildman–Crippen LogP) is 2.18. The van der Waals surface area contributed by atoms with E-state index in [0.29, 0.717) is 5.41 Å². The topological polar surface area (TPSA) is 70.1 Å². The molecule has 0 spiro atoms. The Kier molecular flexibility index (Phi) is 4.58. The number of hydrogen-bond acceptors (Lipinski definition) is 5. The van der Waals surface area contributed by atoms with E-state index in [1.807, 2.05) is 6.92 Å². The van der Waals surface area contributed by atoms with Gasteiger partial charge in [-0.05, 0) is 38.0 Å². The first-order valence-electron chi connectivity index (χ1n) is 7.11. The summed E-state index contributed by atoms with van der Waals surface area (Å²) in [5.74, 6) is 1.81. The van der Waals surface area contributed by atoms with E-state index >= 15 is 0 Å². The van der Waals surface area contributed by atoms with E-state index in [2.05, 4.69) is 27.5 Å². The van der Waals surface area contributed by atoms with Crippen LogP contribution in [0.2, 0.25) is 0 Å². The van der Waals surface area contributed by atoms with Crippen molar-refractivity contribution in [3.8, 4) is 0 Å². The van der Waals surface area contributed by atoms with E-state index in [9.17, 15) is 0 Å². The molecular weight excluding hydrogens is 240 g/mol. The molecule has 1 fully saturated rings. The molecular formula is C14H24N4O. The monoisotopic (exact) mass is 264 g/mol. The lowest BCUT2D eigenvalue weighted by molar-refractivity contribution is 0.253. The summed E-state index contributed by atoms with van der Waals surface area (Å²) in [7, 11) is 0. The lowest BCUT2D eigenvalue weighted by Gasteiger charge is -2.17. The third-order valence-electron chi connectivity index (χ3n) is 3.86. The van der Waals surface area contributed by atoms with Crippen LogP contribution in [0, 0.1) is 12.3 Å². The molecule has 0 atom stereocenters. The molecule has 1 saturated carbocycles. The van der Waals surface area contributed by atoms with Gasteiger partial charge >= 0.3 is 0 Å². The van der Waals surface area contributed by atoms with Crippen LogP contribution >= 0.6 is 0 Å². The van der Waals surface area contributed by atoms with Gasteiger partial charge in [-0.15, -0.1) is 0 Å². The van der Waals surface area contributed by atoms with Crippen molar-refractivity contribution in [1.29, 1.82) is 0 Å². The second-order valence-electron chi connectivity index (χ2n) is 5.45. The quantitative estimate of drug-likeness (QED) is 0.671. The van der Waals surface area contributed by atoms with Crippen LogP contribution in [0.1, 0.15) is 38.2 Å². The highest BCUT2D eigenvalue weighted by Crippen LogP contribution is 2.48. The van der Waals surface area contributed by atoms with Crippen LogP contribution < -0.4 is 10.6 Å². The molecule has 1 aromatic rings. The van der Waals surface area contributed by atoms with Crippen molar-refractivity contribution in [2.75, 3.05) is 30.3 Å². The fraction of sp³-hybridized carbons (Fsp3) is 0.714. The Bertz CT molecular complexity index is 418. The molecule has 3 N–H and O–H groups in total. The SMILES string of the molecule is CCCNc1ncnc(NCC2(CCO)CC2)c1C. The van der Waals surface area contributed by atoms with E-state index < -0.39 is 0 Å². The molecule has 0 unspecified atom stereocenters. The molecule has 19 heavy (non-hydrogen) atoms. The third kappa shape index (κ3) is 3.56. The van der Waals surface area contributed by atoms with E-state index in [-0.39, 0.29) is 6.61 Å². The van der Waals surface area contributed by atoms with Crippen molar-refractivity contribution in [2.45, 2.75) is 39.5 Å². The second-order valence-corrected chi connectivity index (χ2v) is 5.45. The number of rotatable bonds is 8. The fourth-order valence-corrected chi connectivity index (χ4v) is 2.25. The number of nitrogens with zero attached hydrogens (tertiary/aromatic N) is 2. The van der Waals surface area contributed by atoms with Gasteiger partial charge < -0.3 is 15.7 Å². The number of nitrogens with one attached hydrogen (secondary N) is 2. The van der Waals surface area contributed by atoms with Gasteiger partial charge in [0.15, 0.2) is 0 Å². The summed E-state index contributed by atoms with van der Waals surface area (Å²) in [6.07, 6.45) is 5.95. The number of aliphatic hydroxyl groups excluding tert-OH is 1. The van der Waals surface area contributed by atoms with Crippen LogP contribution in [0.5, 0.6) is 0 Å². The smallest absolute Gasteiger partial charge is 0.134 e. The fourth-order valence-electron chi connectivity index (χ4n) is 2.25. The molecule has 0 saturated heterocycles. The lowest BCUT2D eigenvalue weighted by Crippen LogP contribution is -2.18. The van der Waals surface area contributed by atoms with Gasteiger partial charge in [-0.25, -0.2) is 9.97 Å². The summed E-state index contributed by atoms with van der Waals surface area (Å²) in [4.78, 5) is 8.58. The zero-order valence-corrected chi connectivity index (χ0v) is 11.9. The van der Waals surface area contributed by atoms with Crippen LogP contribution in [0.15, 0.2) is 6.33 Å². The molecule has 1 aromatic heterocycles. The molecule has 5 heteroatoms. The first-order valence-corrected chi connectivity index (χ1v) is 7.11. The van der Waals surface area contributed by atoms with E-state index in [1.54, 1.807) is 6.33 Å². The lowest BCUT2D eigenvalue weighted by atomic mass is 10.0. The van der Waals surface area contributed by atoms with Gasteiger partial charge in [-0.2, -0.15) is 0 Å². The maximum Gasteiger partial charge on any atom is 0.134 e. The standard InChI is InChI=1S/C14H24N4O/c1-3-7-15-12-11(2)13(18-10-17-12)16-9-14(4-5-14)6-8-19/h10,19H,3-9H2,1-2H3,(H2,15,16,17,18). The Balaban J connectivity index is 1.96. The molecule has 0 bridgehead atoms. The maximum absolute atomic E-state index is 9.07. The van der Waals surface area contributed by atoms with Crippen LogP contribution in [0.4, 0.5) is 11.6 Å². The first kappa shape index (κ1) is 14.1. The normalized spacial score (nSPS) is 16.2. The molecule has 0 amide bonds. The van der Waals surface area contributed by atoms with Gasteiger partial charge in [0.1, 0.15) is 18.0 Å². The van der Waals surface area contributed by atoms with Gasteiger partial charge in [0.05, 0.1) is 0 Å². The van der Waals surface area contributed by atoms with Gasteiger partial charge in [-0.1, -0.05) is 6.92 Å². The first-order chi connectivity index (χ1) is 9.21. The van der Waals surface area contributed by atoms with E-state index in [1.165, 1.54) is 12.8 Å². The summed E-state index contributed by atoms with van der Waals surface area (Å²) in [5.41, 5.74) is 1.36. The molecule has 5 nitrogen and oxygen atoms in total. The van der Waals surface area contributed by atoms with Gasteiger partial charge in [0.25, 0.3) is 0 Å². The van der Waals surface area contributed by atoms with Gasteiger partial charge in [-0.3, -0.25) is 0 Å². The highest BCUT2D eigenvalue weighted by molar-refractivity contribution is 5.56. The van der Waals surface area contributed by atoms with Crippen LogP contribution in [0.25, 0.3) is 0 Å². The summed E-state index contributed by atoms with van der Waals surface area (Å²) in [6.45, 7) is 6.25. The molecule has 1 aliphatic carbocycles. The number of anilines is 2. The summed E-state index contributed by atoms with van der Waals surface area (Å²) in [6, 6.07) is 0. The third-order valence-corrected chi connectivity index (χ3v) is 3.86. The number of hydrogen-bond donors (Lipinski definition) is 3. The van der Waals surface area contributed by atoms with Crippen molar-refractivity contribution in [2.24, 2.45) is 5.41 Å². The Morgan fingerprint density at radius 3 is 2.53 bits per heavy atom. The molecule has 2 rings (SSSR count). The van der Waals surface area contributed by atoms with Crippen LogP contribution in [0.3, 0.4) is 0 Å². The number of aromatic nitrogens is 2. The highest BCUT2D eigenvalue weighted by atomic mass is 16.3. The highest BCUT2D eigenvalue weighted by Gasteiger charge is 2.41. The molecule has 0 aliphatic heterocycles. The van der Waals surface area contributed by atoms with Crippen molar-refractivity contribution >= 4 is 11.6 Å². The Morgan fingerprint density at radius 1 is 1.26 bits per heavy atom. The molecule has 0 aromatic carbocycles. The average molecular weight is 264 g/mol. The average Bonchev–Trinajstić information content (AvgIpc) is 3.17. The minimum Gasteiger partial charge on any atom is -0.396 e. The molecule has 1 heterocycles. The number of aliphatic hydroxyl groups is 1. The van der Waals surface area contributed by atoms with E-state index in [4.69, 9.17) is 5.11 Å². The Labute approximate surface area is 114 Å². The Hall–Kier alpha value is -1.36. The van der Waals surface area contributed by atoms with Crippen molar-refractivity contribution in [1.82, 2.24) is 9.97 Å². The van der Waals surface area contributed by atoms with Crippen molar-refractivity contribution in [3.05, 3.63) is 11.9 Å².